The van der Waals surface area contributed by atoms with Gasteiger partial charge in [-0.3, -0.25) is 0 Å². The summed E-state index contributed by atoms with van der Waals surface area (Å²) in [5.41, 5.74) is -0.0191. The number of carbonyl (C=O) groups is 1. The van der Waals surface area contributed by atoms with E-state index in [2.05, 4.69) is 4.98 Å². The van der Waals surface area contributed by atoms with Crippen LogP contribution in [0.3, 0.4) is 0 Å². The number of carboxylic acids is 1. The summed E-state index contributed by atoms with van der Waals surface area (Å²) in [5, 5.41) is 9.02. The minimum absolute atomic E-state index is 0.0191. The summed E-state index contributed by atoms with van der Waals surface area (Å²) in [6.07, 6.45) is 1.35. The molecular formula is C8H8ClNO3. The molecule has 1 aromatic heterocycles. The lowest BCUT2D eigenvalue weighted by molar-refractivity contribution is 0.0691. The van der Waals surface area contributed by atoms with Crippen LogP contribution in [0.1, 0.15) is 17.3 Å². The fourth-order valence-electron chi connectivity index (χ4n) is 0.832. The molecule has 0 aromatic carbocycles. The van der Waals surface area contributed by atoms with Crippen LogP contribution in [0.4, 0.5) is 0 Å². The van der Waals surface area contributed by atoms with Crippen molar-refractivity contribution in [1.29, 1.82) is 0 Å². The second-order valence-corrected chi connectivity index (χ2v) is 2.68. The number of carboxylic acid groups (broad SMARTS) is 1. The van der Waals surface area contributed by atoms with Gasteiger partial charge in [0.15, 0.2) is 0 Å². The zero-order valence-electron chi connectivity index (χ0n) is 6.95. The number of hydrogen-bond acceptors (Lipinski definition) is 3. The Morgan fingerprint density at radius 2 is 2.46 bits per heavy atom. The van der Waals surface area contributed by atoms with Gasteiger partial charge in [0.2, 0.25) is 5.88 Å². The number of nitrogens with zero attached hydrogens (tertiary/aromatic N) is 1. The summed E-state index contributed by atoms with van der Waals surface area (Å²) >= 11 is 5.58. The summed E-state index contributed by atoms with van der Waals surface area (Å²) in [7, 11) is 0. The molecule has 1 N–H and O–H groups in total. The van der Waals surface area contributed by atoms with Crippen LogP contribution in [0.5, 0.6) is 5.88 Å². The lowest BCUT2D eigenvalue weighted by atomic mass is 10.3. The van der Waals surface area contributed by atoms with Gasteiger partial charge in [0, 0.05) is 6.20 Å². The molecule has 0 spiro atoms. The molecule has 0 radical (unpaired) electrons. The normalized spacial score (nSPS) is 9.69. The van der Waals surface area contributed by atoms with Crippen molar-refractivity contribution in [2.75, 3.05) is 6.61 Å². The Balaban J connectivity index is 3.10. The molecule has 0 bridgehead atoms. The van der Waals surface area contributed by atoms with E-state index in [1.165, 1.54) is 12.3 Å². The number of hydrogen-bond donors (Lipinski definition) is 1. The van der Waals surface area contributed by atoms with E-state index in [0.717, 1.165) is 0 Å². The predicted molar refractivity (Wildman–Crippen MR) is 47.4 cm³/mol. The van der Waals surface area contributed by atoms with E-state index < -0.39 is 5.97 Å². The van der Waals surface area contributed by atoms with Crippen LogP contribution in [0, 0.1) is 0 Å². The lowest BCUT2D eigenvalue weighted by Gasteiger charge is -2.04. The molecule has 13 heavy (non-hydrogen) atoms. The van der Waals surface area contributed by atoms with Crippen LogP contribution in [-0.4, -0.2) is 22.7 Å². The molecule has 0 aliphatic carbocycles. The molecule has 0 saturated heterocycles. The van der Waals surface area contributed by atoms with Crippen molar-refractivity contribution in [1.82, 2.24) is 4.98 Å². The van der Waals surface area contributed by atoms with Crippen LogP contribution in [0.25, 0.3) is 0 Å². The highest BCUT2D eigenvalue weighted by Gasteiger charge is 2.12. The molecule has 1 aromatic rings. The maximum absolute atomic E-state index is 10.7. The Morgan fingerprint density at radius 3 is 3.00 bits per heavy atom. The number of ether oxygens (including phenoxy) is 1. The summed E-state index contributed by atoms with van der Waals surface area (Å²) in [6.45, 7) is 2.12. The number of aromatic carboxylic acids is 1. The smallest absolute Gasteiger partial charge is 0.341 e. The molecule has 70 valence electrons. The number of halogens is 1. The largest absolute Gasteiger partial charge is 0.477 e. The molecule has 0 saturated carbocycles. The third-order valence-electron chi connectivity index (χ3n) is 1.33. The van der Waals surface area contributed by atoms with Crippen molar-refractivity contribution in [3.05, 3.63) is 22.8 Å². The van der Waals surface area contributed by atoms with Gasteiger partial charge in [0.1, 0.15) is 5.56 Å². The highest BCUT2D eigenvalue weighted by Crippen LogP contribution is 2.19. The predicted octanol–water partition coefficient (Wildman–Crippen LogP) is 1.83. The number of rotatable bonds is 3. The first-order valence-corrected chi connectivity index (χ1v) is 4.04. The van der Waals surface area contributed by atoms with E-state index in [1.807, 2.05) is 0 Å². The van der Waals surface area contributed by atoms with Gasteiger partial charge in [-0.2, -0.15) is 0 Å². The van der Waals surface area contributed by atoms with E-state index in [9.17, 15) is 4.79 Å². The molecule has 0 atom stereocenters. The van der Waals surface area contributed by atoms with Gasteiger partial charge >= 0.3 is 5.97 Å². The van der Waals surface area contributed by atoms with E-state index >= 15 is 0 Å². The minimum Gasteiger partial charge on any atom is -0.477 e. The maximum Gasteiger partial charge on any atom is 0.341 e. The van der Waals surface area contributed by atoms with E-state index in [-0.39, 0.29) is 16.5 Å². The van der Waals surface area contributed by atoms with Crippen LogP contribution in [0.15, 0.2) is 12.3 Å². The number of aromatic nitrogens is 1. The fraction of sp³-hybridized carbons (Fsp3) is 0.250. The van der Waals surface area contributed by atoms with Crippen molar-refractivity contribution < 1.29 is 14.6 Å². The van der Waals surface area contributed by atoms with Gasteiger partial charge < -0.3 is 9.84 Å². The van der Waals surface area contributed by atoms with Gasteiger partial charge in [-0.15, -0.1) is 0 Å². The zero-order valence-corrected chi connectivity index (χ0v) is 7.71. The highest BCUT2D eigenvalue weighted by atomic mass is 35.5. The first kappa shape index (κ1) is 9.80. The Kier molecular flexibility index (Phi) is 3.08. The Labute approximate surface area is 80.1 Å². The average Bonchev–Trinajstić information content (AvgIpc) is 2.08. The summed E-state index contributed by atoms with van der Waals surface area (Å²) in [5.74, 6) is -1.00. The molecule has 0 aliphatic heterocycles. The van der Waals surface area contributed by atoms with Gasteiger partial charge in [0.05, 0.1) is 11.6 Å². The molecule has 0 unspecified atom stereocenters. The van der Waals surface area contributed by atoms with Gasteiger partial charge in [-0.25, -0.2) is 9.78 Å². The van der Waals surface area contributed by atoms with Gasteiger partial charge in [-0.1, -0.05) is 11.6 Å². The third kappa shape index (κ3) is 2.32. The standard InChI is InChI=1S/C8H8ClNO3/c1-2-13-7-6(8(11)12)3-5(9)4-10-7/h3-4H,2H2,1H3,(H,11,12). The number of pyridine rings is 1. The SMILES string of the molecule is CCOc1ncc(Cl)cc1C(=O)O. The van der Waals surface area contributed by atoms with Crippen LogP contribution in [0.2, 0.25) is 5.02 Å². The fourth-order valence-corrected chi connectivity index (χ4v) is 0.990. The van der Waals surface area contributed by atoms with Gasteiger partial charge in [0.25, 0.3) is 0 Å². The molecule has 4 nitrogen and oxygen atoms in total. The second kappa shape index (κ2) is 4.09. The first-order chi connectivity index (χ1) is 6.15. The summed E-state index contributed by atoms with van der Waals surface area (Å²) in [4.78, 5) is 14.4. The Bertz CT molecular complexity index is 327. The Morgan fingerprint density at radius 1 is 1.77 bits per heavy atom. The van der Waals surface area contributed by atoms with E-state index in [1.54, 1.807) is 6.92 Å². The van der Waals surface area contributed by atoms with Gasteiger partial charge in [-0.05, 0) is 13.0 Å². The molecule has 5 heteroatoms. The molecule has 0 aliphatic rings. The van der Waals surface area contributed by atoms with Crippen molar-refractivity contribution in [2.24, 2.45) is 0 Å². The van der Waals surface area contributed by atoms with Crippen LogP contribution >= 0.6 is 11.6 Å². The Hall–Kier alpha value is -1.29. The lowest BCUT2D eigenvalue weighted by Crippen LogP contribution is -2.04. The maximum atomic E-state index is 10.7. The topological polar surface area (TPSA) is 59.4 Å². The molecule has 0 amide bonds. The summed E-state index contributed by atoms with van der Waals surface area (Å²) in [6, 6.07) is 1.31. The molecule has 0 fully saturated rings. The minimum atomic E-state index is -1.10. The quantitative estimate of drug-likeness (QED) is 0.811. The van der Waals surface area contributed by atoms with Crippen molar-refractivity contribution in [3.8, 4) is 5.88 Å². The summed E-state index contributed by atoms with van der Waals surface area (Å²) < 4.78 is 5.00. The zero-order chi connectivity index (χ0) is 9.84. The van der Waals surface area contributed by atoms with Crippen LogP contribution in [-0.2, 0) is 0 Å². The van der Waals surface area contributed by atoms with Crippen molar-refractivity contribution in [3.63, 3.8) is 0 Å². The monoisotopic (exact) mass is 201 g/mol. The average molecular weight is 202 g/mol. The molecular weight excluding hydrogens is 194 g/mol. The first-order valence-electron chi connectivity index (χ1n) is 3.66. The second-order valence-electron chi connectivity index (χ2n) is 2.24. The van der Waals surface area contributed by atoms with Crippen molar-refractivity contribution >= 4 is 17.6 Å². The third-order valence-corrected chi connectivity index (χ3v) is 1.54. The van der Waals surface area contributed by atoms with Crippen molar-refractivity contribution in [2.45, 2.75) is 6.92 Å². The molecule has 1 heterocycles. The van der Waals surface area contributed by atoms with E-state index in [0.29, 0.717) is 6.61 Å². The van der Waals surface area contributed by atoms with Crippen LogP contribution < -0.4 is 4.74 Å². The molecule has 1 rings (SSSR count). The highest BCUT2D eigenvalue weighted by molar-refractivity contribution is 6.30. The van der Waals surface area contributed by atoms with E-state index in [4.69, 9.17) is 21.4 Å².